The van der Waals surface area contributed by atoms with Crippen molar-refractivity contribution in [3.8, 4) is 11.5 Å². The molecule has 11 nitrogen and oxygen atoms in total. The fourth-order valence-electron chi connectivity index (χ4n) is 7.06. The van der Waals surface area contributed by atoms with Crippen molar-refractivity contribution in [3.63, 3.8) is 0 Å². The van der Waals surface area contributed by atoms with E-state index in [2.05, 4.69) is 10.4 Å². The summed E-state index contributed by atoms with van der Waals surface area (Å²) in [5, 5.41) is 30.5. The van der Waals surface area contributed by atoms with Crippen molar-refractivity contribution in [2.45, 2.75) is 51.0 Å². The van der Waals surface area contributed by atoms with E-state index in [1.807, 2.05) is 19.1 Å². The van der Waals surface area contributed by atoms with Gasteiger partial charge < -0.3 is 10.1 Å². The van der Waals surface area contributed by atoms with Gasteiger partial charge in [-0.3, -0.25) is 29.7 Å². The average molecular weight is 518 g/mol. The summed E-state index contributed by atoms with van der Waals surface area (Å²) in [7, 11) is 0. The normalized spacial score (nSPS) is 25.2. The molecule has 4 fully saturated rings. The molecule has 196 valence electrons. The molecule has 4 saturated carbocycles. The van der Waals surface area contributed by atoms with E-state index in [0.29, 0.717) is 23.5 Å². The van der Waals surface area contributed by atoms with Crippen molar-refractivity contribution in [1.29, 1.82) is 0 Å². The number of aryl methyl sites for hydroxylation is 1. The van der Waals surface area contributed by atoms with Crippen LogP contribution in [0.1, 0.15) is 54.6 Å². The van der Waals surface area contributed by atoms with Gasteiger partial charge in [-0.05, 0) is 74.8 Å². The van der Waals surface area contributed by atoms with Gasteiger partial charge in [-0.1, -0.05) is 18.2 Å². The molecule has 4 aliphatic carbocycles. The third kappa shape index (κ3) is 4.27. The average Bonchev–Trinajstić information content (AvgIpc) is 3.32. The monoisotopic (exact) mass is 517 g/mol. The summed E-state index contributed by atoms with van der Waals surface area (Å²) >= 11 is 0. The van der Waals surface area contributed by atoms with Crippen molar-refractivity contribution in [3.05, 3.63) is 80.1 Å². The minimum atomic E-state index is -0.803. The number of ether oxygens (including phenoxy) is 1. The number of carbonyl (C=O) groups is 1. The minimum absolute atomic E-state index is 0.0754. The van der Waals surface area contributed by atoms with Crippen LogP contribution < -0.4 is 10.1 Å². The summed E-state index contributed by atoms with van der Waals surface area (Å²) in [4.78, 5) is 35.6. The van der Waals surface area contributed by atoms with E-state index in [1.54, 1.807) is 16.8 Å². The van der Waals surface area contributed by atoms with Crippen molar-refractivity contribution in [2.24, 2.45) is 17.8 Å². The van der Waals surface area contributed by atoms with E-state index >= 15 is 0 Å². The van der Waals surface area contributed by atoms with Gasteiger partial charge in [-0.15, -0.1) is 0 Å². The quantitative estimate of drug-likeness (QED) is 0.300. The number of anilines is 1. The highest BCUT2D eigenvalue weighted by atomic mass is 16.6. The molecule has 1 N–H and O–H groups in total. The summed E-state index contributed by atoms with van der Waals surface area (Å²) in [5.74, 6) is 1.64. The van der Waals surface area contributed by atoms with Crippen LogP contribution in [0, 0.1) is 44.9 Å². The number of carbonyl (C=O) groups excluding carboxylic acids is 1. The Balaban J connectivity index is 1.31. The Labute approximate surface area is 218 Å². The van der Waals surface area contributed by atoms with Gasteiger partial charge in [0.1, 0.15) is 17.7 Å². The number of hydrogen-bond acceptors (Lipinski definition) is 7. The van der Waals surface area contributed by atoms with Crippen LogP contribution >= 0.6 is 0 Å². The lowest BCUT2D eigenvalue weighted by Gasteiger charge is -2.56. The third-order valence-corrected chi connectivity index (χ3v) is 8.28. The van der Waals surface area contributed by atoms with Crippen molar-refractivity contribution < 1.29 is 19.4 Å². The first kappa shape index (κ1) is 24.1. The predicted molar refractivity (Wildman–Crippen MR) is 137 cm³/mol. The molecule has 0 saturated heterocycles. The fraction of sp³-hybridized carbons (Fsp3) is 0.407. The molecule has 1 heterocycles. The van der Waals surface area contributed by atoms with Gasteiger partial charge in [-0.2, -0.15) is 5.10 Å². The highest BCUT2D eigenvalue weighted by molar-refractivity contribution is 6.05. The number of para-hydroxylation sites is 1. The third-order valence-electron chi connectivity index (χ3n) is 8.28. The zero-order chi connectivity index (χ0) is 26.6. The molecule has 2 aromatic carbocycles. The molecule has 0 aliphatic heterocycles. The highest BCUT2D eigenvalue weighted by Crippen LogP contribution is 2.58. The predicted octanol–water partition coefficient (Wildman–Crippen LogP) is 5.98. The highest BCUT2D eigenvalue weighted by Gasteiger charge is 2.53. The number of benzene rings is 2. The van der Waals surface area contributed by atoms with E-state index < -0.39 is 15.8 Å². The lowest BCUT2D eigenvalue weighted by Crippen LogP contribution is -2.52. The molecular weight excluding hydrogens is 490 g/mol. The molecule has 4 aliphatic rings. The van der Waals surface area contributed by atoms with Gasteiger partial charge in [0.2, 0.25) is 5.69 Å². The number of non-ortho nitro benzene ring substituents is 1. The second-order valence-electron chi connectivity index (χ2n) is 11.0. The van der Waals surface area contributed by atoms with Crippen molar-refractivity contribution in [2.75, 3.05) is 5.32 Å². The zero-order valence-corrected chi connectivity index (χ0v) is 20.8. The van der Waals surface area contributed by atoms with Gasteiger partial charge >= 0.3 is 5.69 Å². The van der Waals surface area contributed by atoms with Crippen LogP contribution in [-0.2, 0) is 5.54 Å². The molecule has 0 radical (unpaired) electrons. The molecule has 7 rings (SSSR count). The number of nitro groups is 2. The topological polar surface area (TPSA) is 142 Å². The number of rotatable bonds is 7. The maximum Gasteiger partial charge on any atom is 0.320 e. The minimum Gasteiger partial charge on any atom is -0.457 e. The van der Waals surface area contributed by atoms with Crippen LogP contribution in [0.15, 0.2) is 48.7 Å². The van der Waals surface area contributed by atoms with Gasteiger partial charge in [-0.25, -0.2) is 0 Å². The Hall–Kier alpha value is -4.28. The number of hydrogen-bond donors (Lipinski definition) is 1. The smallest absolute Gasteiger partial charge is 0.320 e. The standard InChI is InChI=1S/C27H27N5O6/c1-16-4-2-3-5-24(16)38-22-10-20(9-21(11-22)31(34)35)28-26(33)25-23(32(36)37)15-30(29-25)27-12-17-6-18(13-27)8-19(7-17)14-27/h2-5,9-11,15,17-19H,6-8,12-14H2,1H3,(H,28,33). The molecule has 38 heavy (non-hydrogen) atoms. The molecule has 4 bridgehead atoms. The molecule has 1 aromatic heterocycles. The lowest BCUT2D eigenvalue weighted by atomic mass is 9.53. The Morgan fingerprint density at radius 3 is 2.29 bits per heavy atom. The van der Waals surface area contributed by atoms with E-state index in [-0.39, 0.29) is 34.0 Å². The van der Waals surface area contributed by atoms with Crippen LogP contribution in [0.2, 0.25) is 0 Å². The number of nitrogens with one attached hydrogen (secondary N) is 1. The van der Waals surface area contributed by atoms with Crippen LogP contribution in [-0.4, -0.2) is 25.5 Å². The second-order valence-corrected chi connectivity index (χ2v) is 11.0. The van der Waals surface area contributed by atoms with Crippen LogP contribution in [0.4, 0.5) is 17.1 Å². The van der Waals surface area contributed by atoms with Gasteiger partial charge in [0, 0.05) is 12.1 Å². The summed E-state index contributed by atoms with van der Waals surface area (Å²) in [6, 6.07) is 11.1. The molecular formula is C27H27N5O6. The summed E-state index contributed by atoms with van der Waals surface area (Å²) in [6.07, 6.45) is 7.76. The van der Waals surface area contributed by atoms with Gasteiger partial charge in [0.15, 0.2) is 0 Å². The SMILES string of the molecule is Cc1ccccc1Oc1cc(NC(=O)c2nn(C34CC5CC(CC(C5)C3)C4)cc2[N+](=O)[O-])cc([N+](=O)[O-])c1. The molecule has 1 amide bonds. The first-order chi connectivity index (χ1) is 18.2. The first-order valence-electron chi connectivity index (χ1n) is 12.8. The zero-order valence-electron chi connectivity index (χ0n) is 20.8. The number of amides is 1. The Morgan fingerprint density at radius 1 is 1.03 bits per heavy atom. The second kappa shape index (κ2) is 8.93. The van der Waals surface area contributed by atoms with Gasteiger partial charge in [0.25, 0.3) is 11.6 Å². The summed E-state index contributed by atoms with van der Waals surface area (Å²) < 4.78 is 7.52. The number of aromatic nitrogens is 2. The fourth-order valence-corrected chi connectivity index (χ4v) is 7.06. The molecule has 3 aromatic rings. The molecule has 11 heteroatoms. The van der Waals surface area contributed by atoms with Crippen molar-refractivity contribution in [1.82, 2.24) is 9.78 Å². The number of nitro benzene ring substituents is 1. The van der Waals surface area contributed by atoms with Crippen molar-refractivity contribution >= 4 is 23.0 Å². The van der Waals surface area contributed by atoms with Crippen LogP contribution in [0.5, 0.6) is 11.5 Å². The maximum absolute atomic E-state index is 13.3. The summed E-state index contributed by atoms with van der Waals surface area (Å²) in [6.45, 7) is 1.84. The van der Waals surface area contributed by atoms with E-state index in [9.17, 15) is 25.0 Å². The largest absolute Gasteiger partial charge is 0.457 e. The van der Waals surface area contributed by atoms with Gasteiger partial charge in [0.05, 0.1) is 27.1 Å². The number of nitrogens with zero attached hydrogens (tertiary/aromatic N) is 4. The van der Waals surface area contributed by atoms with E-state index in [4.69, 9.17) is 4.74 Å². The molecule has 0 unspecified atom stereocenters. The Morgan fingerprint density at radius 2 is 1.68 bits per heavy atom. The Kier molecular flexibility index (Phi) is 5.66. The van der Waals surface area contributed by atoms with Crippen LogP contribution in [0.3, 0.4) is 0 Å². The maximum atomic E-state index is 13.3. The van der Waals surface area contributed by atoms with Crippen LogP contribution in [0.25, 0.3) is 0 Å². The Bertz CT molecular complexity index is 1430. The van der Waals surface area contributed by atoms with E-state index in [1.165, 1.54) is 43.7 Å². The molecule has 0 atom stereocenters. The van der Waals surface area contributed by atoms with E-state index in [0.717, 1.165) is 24.8 Å². The molecule has 0 spiro atoms. The first-order valence-corrected chi connectivity index (χ1v) is 12.8. The summed E-state index contributed by atoms with van der Waals surface area (Å²) in [5.41, 5.74) is -0.362. The lowest BCUT2D eigenvalue weighted by molar-refractivity contribution is -0.385.